The molecular formula is C20H20BrFeN3O2. The molecule has 142 valence electrons. The topological polar surface area (TPSA) is 98.2 Å². The van der Waals surface area contributed by atoms with Gasteiger partial charge in [-0.15, -0.1) is 0 Å². The van der Waals surface area contributed by atoms with Gasteiger partial charge in [0, 0.05) is 0 Å². The van der Waals surface area contributed by atoms with Gasteiger partial charge in [0.2, 0.25) is 0 Å². The Hall–Kier alpha value is -1.14. The molecule has 0 aromatic heterocycles. The molecule has 5 N–H and O–H groups in total. The Balaban J connectivity index is 0.000000215. The van der Waals surface area contributed by atoms with E-state index in [-0.39, 0.29) is 0 Å². The summed E-state index contributed by atoms with van der Waals surface area (Å²) in [5.41, 5.74) is 7.25. The van der Waals surface area contributed by atoms with Crippen LogP contribution in [0.2, 0.25) is 47.7 Å². The zero-order chi connectivity index (χ0) is 18.3. The van der Waals surface area contributed by atoms with Crippen LogP contribution in [0.4, 0.5) is 4.79 Å². The molecule has 0 saturated carbocycles. The molecule has 10 heterocycles. The number of hydrogen-bond donors (Lipinski definition) is 3. The molecule has 7 heteroatoms. The molecule has 0 radical (unpaired) electrons. The maximum atomic E-state index is 13.4. The fourth-order valence-corrected chi connectivity index (χ4v) is 91.9. The monoisotopic (exact) mass is 469 g/mol. The van der Waals surface area contributed by atoms with Crippen LogP contribution in [0, 0.1) is 0 Å². The standard InChI is InChI=1S/C14H10BrO.C5H5.CH5N3O.Fe/c15-13-8-5-11(6-9-13)7-10-14(16)12-3-1-2-4-12;1-2-4-5-3-1;2-1(5)4-3;/h1-10H;1-5H;3H2,(H3,2,4,5);. The summed E-state index contributed by atoms with van der Waals surface area (Å²) >= 11 is 3.48. The van der Waals surface area contributed by atoms with Crippen LogP contribution in [-0.2, 0) is 11.3 Å². The van der Waals surface area contributed by atoms with Gasteiger partial charge in [-0.25, -0.2) is 10.6 Å². The van der Waals surface area contributed by atoms with Crippen LogP contribution in [0.5, 0.6) is 0 Å². The zero-order valence-corrected chi connectivity index (χ0v) is 17.1. The van der Waals surface area contributed by atoms with Crippen LogP contribution < -0.4 is 17.0 Å². The van der Waals surface area contributed by atoms with Crippen molar-refractivity contribution in [1.29, 1.82) is 0 Å². The number of halogens is 1. The number of carbonyl (C=O) groups is 2. The van der Waals surface area contributed by atoms with Crippen molar-refractivity contribution in [3.8, 4) is 0 Å². The fourth-order valence-electron chi connectivity index (χ4n) is 17.7. The van der Waals surface area contributed by atoms with E-state index in [1.165, 1.54) is 39.3 Å². The van der Waals surface area contributed by atoms with Gasteiger partial charge in [-0.1, -0.05) is 0 Å². The third kappa shape index (κ3) is 0.236. The van der Waals surface area contributed by atoms with Gasteiger partial charge < -0.3 is 5.73 Å². The fraction of sp³-hybridized carbons (Fsp3) is 0.500. The Bertz CT molecular complexity index is 1370. The molecule has 11 rings (SSSR count). The van der Waals surface area contributed by atoms with Gasteiger partial charge in [-0.3, -0.25) is 5.43 Å². The number of ketones is 1. The first kappa shape index (κ1) is 13.2. The summed E-state index contributed by atoms with van der Waals surface area (Å²) in [6.07, 6.45) is 4.12. The number of nitrogens with one attached hydrogen (secondary N) is 1. The molecule has 10 saturated heterocycles. The van der Waals surface area contributed by atoms with Crippen molar-refractivity contribution in [2.24, 2.45) is 11.6 Å². The molecule has 10 fully saturated rings. The zero-order valence-electron chi connectivity index (χ0n) is 14.4. The van der Waals surface area contributed by atoms with Gasteiger partial charge in [0.1, 0.15) is 0 Å². The summed E-state index contributed by atoms with van der Waals surface area (Å²) in [5.74, 6) is 5.07. The number of rotatable bonds is 3. The maximum absolute atomic E-state index is 13.4. The van der Waals surface area contributed by atoms with E-state index in [2.05, 4.69) is 57.8 Å². The Kier molecular flexibility index (Phi) is 0.750. The van der Waals surface area contributed by atoms with Crippen LogP contribution in [0.15, 0.2) is 34.8 Å². The van der Waals surface area contributed by atoms with Gasteiger partial charge in [-0.2, -0.15) is 0 Å². The van der Waals surface area contributed by atoms with Crippen LogP contribution in [0.25, 0.3) is 6.08 Å². The van der Waals surface area contributed by atoms with Gasteiger partial charge in [0.25, 0.3) is 0 Å². The molecule has 1 spiro atoms. The molecule has 27 heavy (non-hydrogen) atoms. The van der Waals surface area contributed by atoms with Crippen molar-refractivity contribution in [2.75, 3.05) is 0 Å². The van der Waals surface area contributed by atoms with E-state index in [1.807, 2.05) is 6.08 Å². The number of urea groups is 1. The number of nitrogens with two attached hydrogens (primary N) is 2. The second-order valence-corrected chi connectivity index (χ2v) is 36.9. The van der Waals surface area contributed by atoms with Crippen LogP contribution in [0.1, 0.15) is 5.56 Å². The Morgan fingerprint density at radius 3 is 1.81 bits per heavy atom. The first-order valence-corrected chi connectivity index (χ1v) is 16.7. The molecule has 4 atom stereocenters. The van der Waals surface area contributed by atoms with E-state index in [9.17, 15) is 9.59 Å². The Morgan fingerprint density at radius 1 is 1.00 bits per heavy atom. The number of fused-ring (bicyclic) bond motifs is 10. The normalized spacial score (nSPS) is 78.5. The molecule has 10 aliphatic rings. The first-order chi connectivity index (χ1) is 12.7. The van der Waals surface area contributed by atoms with E-state index in [0.717, 1.165) is 14.1 Å². The van der Waals surface area contributed by atoms with Gasteiger partial charge in [-0.05, 0) is 0 Å². The predicted molar refractivity (Wildman–Crippen MR) is 102 cm³/mol. The number of amides is 2. The molecule has 5 nitrogen and oxygen atoms in total. The van der Waals surface area contributed by atoms with Crippen LogP contribution >= 0.6 is 15.9 Å². The SMILES string of the molecule is NNC(N)=O.O=C(C=Cc1ccc(Br)cc1)[C]12[CH]3[CH]4[CH]5[CH]1[Fe]45321678[CH]2[CH]1[CH]6[CH]7[CH]28. The summed E-state index contributed by atoms with van der Waals surface area (Å²) in [6, 6.07) is 7.62. The molecule has 2 amide bonds. The quantitative estimate of drug-likeness (QED) is 0.202. The summed E-state index contributed by atoms with van der Waals surface area (Å²) in [6.45, 7) is -3.21. The van der Waals surface area contributed by atoms with Gasteiger partial charge >= 0.3 is 133 Å². The molecule has 0 bridgehead atoms. The van der Waals surface area contributed by atoms with Crippen molar-refractivity contribution in [2.45, 2.75) is 47.7 Å². The number of hydrazine groups is 1. The van der Waals surface area contributed by atoms with E-state index in [1.54, 1.807) is 5.43 Å². The predicted octanol–water partition coefficient (Wildman–Crippen LogP) is 4.32. The minimum absolute atomic E-state index is 0.394. The van der Waals surface area contributed by atoms with Gasteiger partial charge in [0.15, 0.2) is 0 Å². The third-order valence-corrected chi connectivity index (χ3v) is 59.3. The molecule has 4 unspecified atom stereocenters. The van der Waals surface area contributed by atoms with Crippen molar-refractivity contribution in [3.05, 3.63) is 40.4 Å². The summed E-state index contributed by atoms with van der Waals surface area (Å²) in [5, 5.41) is 0. The van der Waals surface area contributed by atoms with E-state index < -0.39 is 12.5 Å². The third-order valence-electron chi connectivity index (χ3n) is 16.5. The summed E-state index contributed by atoms with van der Waals surface area (Å²) in [7, 11) is 0. The number of hydrogen-bond acceptors (Lipinski definition) is 3. The second kappa shape index (κ2) is 1.54. The number of primary amides is 1. The number of allylic oxidation sites excluding steroid dienone is 1. The van der Waals surface area contributed by atoms with Crippen molar-refractivity contribution in [3.63, 3.8) is 0 Å². The minimum atomic E-state index is -3.21. The van der Waals surface area contributed by atoms with E-state index in [0.29, 0.717) is 10.1 Å². The van der Waals surface area contributed by atoms with Crippen molar-refractivity contribution >= 4 is 33.8 Å². The molecule has 1 aromatic rings. The molecule has 10 aliphatic heterocycles. The molecular weight excluding hydrogens is 450 g/mol. The van der Waals surface area contributed by atoms with Crippen molar-refractivity contribution < 1.29 is 16.1 Å². The average Bonchev–Trinajstić information content (AvgIpc) is 3.60. The first-order valence-electron chi connectivity index (χ1n) is 9.66. The number of benzene rings is 1. The van der Waals surface area contributed by atoms with E-state index in [4.69, 9.17) is 0 Å². The Labute approximate surface area is 154 Å². The van der Waals surface area contributed by atoms with Gasteiger partial charge in [0.05, 0.1) is 0 Å². The molecule has 0 aliphatic carbocycles. The summed E-state index contributed by atoms with van der Waals surface area (Å²) in [4.78, 5) is 33.6. The molecule has 1 aromatic carbocycles. The van der Waals surface area contributed by atoms with Crippen LogP contribution in [0.3, 0.4) is 0 Å². The number of carbonyl (C=O) groups excluding carboxylic acids is 2. The van der Waals surface area contributed by atoms with Crippen molar-refractivity contribution in [1.82, 2.24) is 5.43 Å². The second-order valence-electron chi connectivity index (χ2n) is 12.4. The van der Waals surface area contributed by atoms with Crippen LogP contribution in [-0.4, -0.2) is 11.8 Å². The summed E-state index contributed by atoms with van der Waals surface area (Å²) < 4.78 is 1.50. The Morgan fingerprint density at radius 2 is 1.48 bits per heavy atom. The average molecular weight is 470 g/mol. The van der Waals surface area contributed by atoms with E-state index >= 15 is 0 Å².